The van der Waals surface area contributed by atoms with Crippen LogP contribution in [0.5, 0.6) is 0 Å². The molecule has 0 bridgehead atoms. The third-order valence-electron chi connectivity index (χ3n) is 6.81. The van der Waals surface area contributed by atoms with Gasteiger partial charge in [0.1, 0.15) is 11.6 Å². The summed E-state index contributed by atoms with van der Waals surface area (Å²) in [6, 6.07) is 4.58. The molecule has 1 aromatic carbocycles. The average Bonchev–Trinajstić information content (AvgIpc) is 3.17. The van der Waals surface area contributed by atoms with E-state index in [0.717, 1.165) is 24.0 Å². The van der Waals surface area contributed by atoms with Crippen molar-refractivity contribution in [2.45, 2.75) is 98.1 Å². The highest BCUT2D eigenvalue weighted by atomic mass is 35.5. The molecule has 1 aromatic rings. The minimum absolute atomic E-state index is 0.131. The molecule has 2 unspecified atom stereocenters. The molecule has 9 heteroatoms. The Bertz CT molecular complexity index is 913. The van der Waals surface area contributed by atoms with Gasteiger partial charge in [-0.2, -0.15) is 4.48 Å². The van der Waals surface area contributed by atoms with E-state index in [1.54, 1.807) is 39.0 Å². The lowest BCUT2D eigenvalue weighted by Crippen LogP contribution is -2.65. The van der Waals surface area contributed by atoms with Crippen LogP contribution in [-0.4, -0.2) is 51.9 Å². The predicted octanol–water partition coefficient (Wildman–Crippen LogP) is 4.90. The van der Waals surface area contributed by atoms with Crippen LogP contribution in [0.4, 0.5) is 9.59 Å². The van der Waals surface area contributed by atoms with Crippen molar-refractivity contribution < 1.29 is 28.7 Å². The molecule has 3 atom stereocenters. The van der Waals surface area contributed by atoms with Crippen LogP contribution in [0.2, 0.25) is 5.02 Å². The van der Waals surface area contributed by atoms with Crippen LogP contribution >= 0.6 is 11.6 Å². The number of halogens is 1. The number of imide groups is 1. The third kappa shape index (κ3) is 7.18. The first kappa shape index (κ1) is 29.1. The fraction of sp³-hybridized carbons (Fsp3) is 0.654. The van der Waals surface area contributed by atoms with E-state index in [4.69, 9.17) is 16.3 Å². The highest BCUT2D eigenvalue weighted by Crippen LogP contribution is 2.31. The molecule has 8 nitrogen and oxygen atoms in total. The first-order valence-electron chi connectivity index (χ1n) is 12.5. The Morgan fingerprint density at radius 2 is 1.77 bits per heavy atom. The summed E-state index contributed by atoms with van der Waals surface area (Å²) in [6.45, 7) is 11.8. The molecule has 0 aromatic heterocycles. The zero-order chi connectivity index (χ0) is 26.4. The summed E-state index contributed by atoms with van der Waals surface area (Å²) in [7, 11) is 0. The number of amides is 4. The number of aliphatic hydroxyl groups excluding tert-OH is 1. The molecule has 0 radical (unpaired) electrons. The van der Waals surface area contributed by atoms with E-state index in [1.165, 1.54) is 0 Å². The molecule has 2 rings (SSSR count). The zero-order valence-corrected chi connectivity index (χ0v) is 22.6. The zero-order valence-electron chi connectivity index (χ0n) is 21.8. The number of alkyl carbamates (subject to hydrolysis) is 1. The molecular formula is C26H41ClN3O5+. The van der Waals surface area contributed by atoms with Gasteiger partial charge in [-0.25, -0.2) is 14.4 Å². The lowest BCUT2D eigenvalue weighted by Gasteiger charge is -2.35. The molecule has 0 spiro atoms. The van der Waals surface area contributed by atoms with Crippen LogP contribution in [-0.2, 0) is 22.6 Å². The number of carbonyl (C=O) groups is 3. The number of ether oxygens (including phenoxy) is 1. The molecule has 0 aliphatic carbocycles. The fourth-order valence-electron chi connectivity index (χ4n) is 4.70. The maximum Gasteiger partial charge on any atom is 0.424 e. The summed E-state index contributed by atoms with van der Waals surface area (Å²) in [5.41, 5.74) is 0.876. The smallest absolute Gasteiger partial charge is 0.424 e. The largest absolute Gasteiger partial charge is 0.444 e. The molecule has 1 saturated heterocycles. The second-order valence-corrected chi connectivity index (χ2v) is 10.8. The number of hydrogen-bond donors (Lipinski definition) is 3. The summed E-state index contributed by atoms with van der Waals surface area (Å²) < 4.78 is 4.89. The van der Waals surface area contributed by atoms with Crippen molar-refractivity contribution in [2.75, 3.05) is 6.54 Å². The van der Waals surface area contributed by atoms with Crippen molar-refractivity contribution in [3.8, 4) is 0 Å². The minimum atomic E-state index is -1.18. The highest BCUT2D eigenvalue weighted by Gasteiger charge is 2.55. The number of carbonyl (C=O) groups excluding carboxylic acids is 3. The summed E-state index contributed by atoms with van der Waals surface area (Å²) in [6.07, 6.45) is 1.07. The van der Waals surface area contributed by atoms with Crippen LogP contribution in [0.1, 0.15) is 78.4 Å². The van der Waals surface area contributed by atoms with Gasteiger partial charge in [-0.15, -0.1) is 0 Å². The number of benzene rings is 1. The molecule has 196 valence electrons. The number of likely N-dealkylation sites (tertiary alicyclic amines) is 1. The minimum Gasteiger partial charge on any atom is -0.444 e. The van der Waals surface area contributed by atoms with E-state index >= 15 is 0 Å². The third-order valence-corrected chi connectivity index (χ3v) is 7.04. The Balaban J connectivity index is 2.19. The van der Waals surface area contributed by atoms with Gasteiger partial charge in [0, 0.05) is 31.0 Å². The SMILES string of the molecule is CCC(CC)C(O)C(=O)[N+]1(C(=O)NCc2cc(Cl)ccc2CNC(=O)OC(C)(C)C)CCC[C@H]1C. The molecule has 1 aliphatic rings. The van der Waals surface area contributed by atoms with Gasteiger partial charge in [-0.3, -0.25) is 0 Å². The lowest BCUT2D eigenvalue weighted by molar-refractivity contribution is -0.787. The van der Waals surface area contributed by atoms with Crippen molar-refractivity contribution in [1.82, 2.24) is 10.6 Å². The van der Waals surface area contributed by atoms with Crippen molar-refractivity contribution in [3.05, 3.63) is 34.3 Å². The maximum absolute atomic E-state index is 13.5. The summed E-state index contributed by atoms with van der Waals surface area (Å²) in [5, 5.41) is 17.0. The second kappa shape index (κ2) is 12.2. The normalized spacial score (nSPS) is 21.0. The predicted molar refractivity (Wildman–Crippen MR) is 136 cm³/mol. The quantitative estimate of drug-likeness (QED) is 0.431. The van der Waals surface area contributed by atoms with Crippen LogP contribution in [0.3, 0.4) is 0 Å². The van der Waals surface area contributed by atoms with Crippen molar-refractivity contribution >= 4 is 29.6 Å². The Kier molecular flexibility index (Phi) is 10.1. The van der Waals surface area contributed by atoms with Gasteiger partial charge >= 0.3 is 18.0 Å². The first-order valence-corrected chi connectivity index (χ1v) is 12.9. The second-order valence-electron chi connectivity index (χ2n) is 10.4. The molecule has 1 aliphatic heterocycles. The summed E-state index contributed by atoms with van der Waals surface area (Å²) >= 11 is 6.20. The molecule has 1 heterocycles. The Morgan fingerprint density at radius 3 is 2.31 bits per heavy atom. The molecule has 3 N–H and O–H groups in total. The number of hydrogen-bond acceptors (Lipinski definition) is 5. The Labute approximate surface area is 213 Å². The van der Waals surface area contributed by atoms with Gasteiger partial charge in [0.25, 0.3) is 0 Å². The van der Waals surface area contributed by atoms with Gasteiger partial charge in [-0.1, -0.05) is 44.4 Å². The van der Waals surface area contributed by atoms with Gasteiger partial charge in [-0.05, 0) is 56.9 Å². The molecule has 0 saturated carbocycles. The summed E-state index contributed by atoms with van der Waals surface area (Å²) in [5.74, 6) is -0.615. The molecular weight excluding hydrogens is 470 g/mol. The topological polar surface area (TPSA) is 105 Å². The molecule has 4 amide bonds. The van der Waals surface area contributed by atoms with E-state index in [1.807, 2.05) is 20.8 Å². The van der Waals surface area contributed by atoms with E-state index in [-0.39, 0.29) is 25.0 Å². The van der Waals surface area contributed by atoms with Gasteiger partial charge < -0.3 is 20.5 Å². The summed E-state index contributed by atoms with van der Waals surface area (Å²) in [4.78, 5) is 39.1. The van der Waals surface area contributed by atoms with Gasteiger partial charge in [0.15, 0.2) is 6.10 Å². The monoisotopic (exact) mass is 510 g/mol. The fourth-order valence-corrected chi connectivity index (χ4v) is 4.90. The average molecular weight is 511 g/mol. The van der Waals surface area contributed by atoms with Gasteiger partial charge in [0.2, 0.25) is 0 Å². The van der Waals surface area contributed by atoms with Crippen molar-refractivity contribution in [3.63, 3.8) is 0 Å². The van der Waals surface area contributed by atoms with E-state index < -0.39 is 34.2 Å². The number of rotatable bonds is 8. The standard InChI is InChI=1S/C26H40ClN3O5/c1-7-18(8-2)22(31)23(32)30(13-9-10-17(30)3)24(33)28-16-20-14-21(27)12-11-19(20)15-29-25(34)35-26(4,5)6/h11-12,14,17-18,22,31H,7-10,13,15-16H2,1-6H3,(H-,28,29,33,34)/p+1/t17-,22?,30?/m1/s1. The van der Waals surface area contributed by atoms with Crippen molar-refractivity contribution in [1.29, 1.82) is 0 Å². The van der Waals surface area contributed by atoms with E-state index in [2.05, 4.69) is 10.6 Å². The molecule has 1 fully saturated rings. The number of nitrogens with one attached hydrogen (secondary N) is 2. The lowest BCUT2D eigenvalue weighted by atomic mass is 9.94. The van der Waals surface area contributed by atoms with E-state index in [9.17, 15) is 19.5 Å². The van der Waals surface area contributed by atoms with Crippen LogP contribution in [0.15, 0.2) is 18.2 Å². The maximum atomic E-state index is 13.5. The van der Waals surface area contributed by atoms with Crippen molar-refractivity contribution in [2.24, 2.45) is 5.92 Å². The van der Waals surface area contributed by atoms with Crippen LogP contribution in [0, 0.1) is 5.92 Å². The highest BCUT2D eigenvalue weighted by molar-refractivity contribution is 6.30. The van der Waals surface area contributed by atoms with Gasteiger partial charge in [0.05, 0.1) is 6.54 Å². The number of aliphatic hydroxyl groups is 1. The van der Waals surface area contributed by atoms with E-state index in [0.29, 0.717) is 24.4 Å². The van der Waals surface area contributed by atoms with Crippen LogP contribution < -0.4 is 10.6 Å². The van der Waals surface area contributed by atoms with Crippen LogP contribution in [0.25, 0.3) is 0 Å². The first-order chi connectivity index (χ1) is 16.4. The number of nitrogens with zero attached hydrogens (tertiary/aromatic N) is 1. The number of urea groups is 1. The Hall–Kier alpha value is -2.16. The molecule has 35 heavy (non-hydrogen) atoms. The Morgan fingerprint density at radius 1 is 1.14 bits per heavy atom. The number of quaternary nitrogens is 1.